The van der Waals surface area contributed by atoms with Crippen molar-refractivity contribution in [1.29, 1.82) is 0 Å². The van der Waals surface area contributed by atoms with E-state index in [1.807, 2.05) is 42.5 Å². The number of rotatable bonds is 4. The van der Waals surface area contributed by atoms with E-state index in [1.54, 1.807) is 6.07 Å². The zero-order chi connectivity index (χ0) is 14.8. The molecule has 0 saturated heterocycles. The van der Waals surface area contributed by atoms with E-state index in [4.69, 9.17) is 4.42 Å². The van der Waals surface area contributed by atoms with Gasteiger partial charge in [0.1, 0.15) is 16.1 Å². The molecule has 0 fully saturated rings. The van der Waals surface area contributed by atoms with Crippen molar-refractivity contribution in [1.82, 2.24) is 0 Å². The summed E-state index contributed by atoms with van der Waals surface area (Å²) in [5.41, 5.74) is 3.00. The molecule has 3 rings (SSSR count). The number of fused-ring (bicyclic) bond motifs is 1. The molecular weight excluding hydrogens is 334 g/mol. The summed E-state index contributed by atoms with van der Waals surface area (Å²) in [5.74, 6) is -0.202. The molecule has 0 aliphatic rings. The minimum atomic E-state index is -0.466. The van der Waals surface area contributed by atoms with Crippen molar-refractivity contribution < 1.29 is 9.34 Å². The number of hydrogen-bond donors (Lipinski definition) is 0. The number of alkyl halides is 1. The highest BCUT2D eigenvalue weighted by Crippen LogP contribution is 2.40. The molecule has 1 heterocycles. The standard InChI is InChI=1S/C16H12BrNO3/c17-9-8-11-6-7-14-13(10-11)15(16(21-14)18(19)20)12-4-2-1-3-5-12/h1-7,10H,8-9H2. The minimum absolute atomic E-state index is 0.202. The van der Waals surface area contributed by atoms with E-state index in [2.05, 4.69) is 15.9 Å². The summed E-state index contributed by atoms with van der Waals surface area (Å²) in [6, 6.07) is 15.0. The summed E-state index contributed by atoms with van der Waals surface area (Å²) in [6.07, 6.45) is 0.864. The summed E-state index contributed by atoms with van der Waals surface area (Å²) in [4.78, 5) is 10.8. The molecular formula is C16H12BrNO3. The Balaban J connectivity index is 2.29. The molecule has 0 aliphatic heterocycles. The van der Waals surface area contributed by atoms with Crippen LogP contribution in [0, 0.1) is 10.1 Å². The molecule has 106 valence electrons. The average Bonchev–Trinajstić information content (AvgIpc) is 2.87. The summed E-state index contributed by atoms with van der Waals surface area (Å²) in [5, 5.41) is 12.9. The lowest BCUT2D eigenvalue weighted by molar-refractivity contribution is -0.400. The molecule has 0 aliphatic carbocycles. The topological polar surface area (TPSA) is 56.3 Å². The number of nitrogens with zero attached hydrogens (tertiary/aromatic N) is 1. The summed E-state index contributed by atoms with van der Waals surface area (Å²) >= 11 is 3.41. The monoisotopic (exact) mass is 345 g/mol. The Morgan fingerprint density at radius 2 is 1.90 bits per heavy atom. The van der Waals surface area contributed by atoms with Gasteiger partial charge in [0.2, 0.25) is 0 Å². The van der Waals surface area contributed by atoms with Gasteiger partial charge >= 0.3 is 5.88 Å². The van der Waals surface area contributed by atoms with Crippen molar-refractivity contribution in [2.24, 2.45) is 0 Å². The fraction of sp³-hybridized carbons (Fsp3) is 0.125. The molecule has 1 aromatic heterocycles. The van der Waals surface area contributed by atoms with Crippen LogP contribution in [0.15, 0.2) is 52.9 Å². The van der Waals surface area contributed by atoms with Crippen molar-refractivity contribution in [3.8, 4) is 11.1 Å². The molecule has 0 N–H and O–H groups in total. The fourth-order valence-corrected chi connectivity index (χ4v) is 2.87. The van der Waals surface area contributed by atoms with E-state index >= 15 is 0 Å². The molecule has 4 nitrogen and oxygen atoms in total. The molecule has 0 bridgehead atoms. The smallest absolute Gasteiger partial charge is 0.400 e. The third-order valence-corrected chi connectivity index (χ3v) is 3.74. The van der Waals surface area contributed by atoms with Gasteiger partial charge in [-0.2, -0.15) is 0 Å². The second-order valence-electron chi connectivity index (χ2n) is 4.67. The van der Waals surface area contributed by atoms with Crippen molar-refractivity contribution in [3.63, 3.8) is 0 Å². The van der Waals surface area contributed by atoms with E-state index < -0.39 is 4.92 Å². The second kappa shape index (κ2) is 5.69. The number of nitro groups is 1. The van der Waals surface area contributed by atoms with Crippen molar-refractivity contribution >= 4 is 32.8 Å². The van der Waals surface area contributed by atoms with E-state index in [1.165, 1.54) is 0 Å². The average molecular weight is 346 g/mol. The van der Waals surface area contributed by atoms with Crippen molar-refractivity contribution in [2.45, 2.75) is 6.42 Å². The zero-order valence-electron chi connectivity index (χ0n) is 11.1. The molecule has 3 aromatic rings. The van der Waals surface area contributed by atoms with Crippen LogP contribution < -0.4 is 0 Å². The number of furan rings is 1. The van der Waals surface area contributed by atoms with Crippen LogP contribution in [-0.4, -0.2) is 10.3 Å². The van der Waals surface area contributed by atoms with Crippen LogP contribution in [0.3, 0.4) is 0 Å². The van der Waals surface area contributed by atoms with Crippen LogP contribution in [0.1, 0.15) is 5.56 Å². The molecule has 0 saturated carbocycles. The lowest BCUT2D eigenvalue weighted by atomic mass is 10.0. The molecule has 0 radical (unpaired) electrons. The summed E-state index contributed by atoms with van der Waals surface area (Å²) < 4.78 is 5.44. The van der Waals surface area contributed by atoms with Gasteiger partial charge in [-0.25, -0.2) is 0 Å². The minimum Gasteiger partial charge on any atom is -0.400 e. The number of aryl methyl sites for hydroxylation is 1. The SMILES string of the molecule is O=[N+]([O-])c1oc2ccc(CCBr)cc2c1-c1ccccc1. The fourth-order valence-electron chi connectivity index (χ4n) is 2.41. The lowest BCUT2D eigenvalue weighted by Gasteiger charge is -2.00. The van der Waals surface area contributed by atoms with E-state index in [-0.39, 0.29) is 5.88 Å². The van der Waals surface area contributed by atoms with Gasteiger partial charge in [-0.05, 0) is 29.7 Å². The molecule has 0 amide bonds. The van der Waals surface area contributed by atoms with E-state index in [9.17, 15) is 10.1 Å². The molecule has 5 heteroatoms. The Labute approximate surface area is 129 Å². The molecule has 2 aromatic carbocycles. The van der Waals surface area contributed by atoms with Crippen LogP contribution in [0.5, 0.6) is 0 Å². The second-order valence-corrected chi connectivity index (χ2v) is 5.47. The maximum absolute atomic E-state index is 11.3. The van der Waals surface area contributed by atoms with Crippen LogP contribution in [0.4, 0.5) is 5.88 Å². The van der Waals surface area contributed by atoms with Crippen molar-refractivity contribution in [3.05, 3.63) is 64.2 Å². The summed E-state index contributed by atoms with van der Waals surface area (Å²) in [7, 11) is 0. The van der Waals surface area contributed by atoms with Gasteiger partial charge in [0.15, 0.2) is 0 Å². The maximum atomic E-state index is 11.3. The Morgan fingerprint density at radius 3 is 2.57 bits per heavy atom. The van der Waals surface area contributed by atoms with Gasteiger partial charge in [-0.3, -0.25) is 10.1 Å². The molecule has 21 heavy (non-hydrogen) atoms. The molecule has 0 spiro atoms. The van der Waals surface area contributed by atoms with E-state index in [0.29, 0.717) is 11.1 Å². The normalized spacial score (nSPS) is 10.9. The molecule has 0 unspecified atom stereocenters. The highest BCUT2D eigenvalue weighted by molar-refractivity contribution is 9.09. The quantitative estimate of drug-likeness (QED) is 0.382. The number of hydrogen-bond acceptors (Lipinski definition) is 3. The first-order valence-electron chi connectivity index (χ1n) is 6.52. The van der Waals surface area contributed by atoms with E-state index in [0.717, 1.165) is 28.3 Å². The highest BCUT2D eigenvalue weighted by Gasteiger charge is 2.25. The zero-order valence-corrected chi connectivity index (χ0v) is 12.7. The largest absolute Gasteiger partial charge is 0.442 e. The van der Waals surface area contributed by atoms with Gasteiger partial charge in [0.05, 0.1) is 0 Å². The Morgan fingerprint density at radius 1 is 1.14 bits per heavy atom. The Kier molecular flexibility index (Phi) is 3.75. The van der Waals surface area contributed by atoms with Crippen LogP contribution >= 0.6 is 15.9 Å². The summed E-state index contributed by atoms with van der Waals surface area (Å²) in [6.45, 7) is 0. The van der Waals surface area contributed by atoms with Gasteiger partial charge in [-0.1, -0.05) is 52.3 Å². The van der Waals surface area contributed by atoms with Gasteiger partial charge in [0.25, 0.3) is 0 Å². The van der Waals surface area contributed by atoms with Gasteiger partial charge < -0.3 is 4.42 Å². The number of benzene rings is 2. The first-order valence-corrected chi connectivity index (χ1v) is 7.64. The predicted molar refractivity (Wildman–Crippen MR) is 85.8 cm³/mol. The third-order valence-electron chi connectivity index (χ3n) is 3.35. The first-order chi connectivity index (χ1) is 10.2. The molecule has 0 atom stereocenters. The van der Waals surface area contributed by atoms with Gasteiger partial charge in [-0.15, -0.1) is 0 Å². The van der Waals surface area contributed by atoms with Crippen LogP contribution in [-0.2, 0) is 6.42 Å². The van der Waals surface area contributed by atoms with Crippen LogP contribution in [0.25, 0.3) is 22.1 Å². The Bertz CT molecular complexity index is 796. The highest BCUT2D eigenvalue weighted by atomic mass is 79.9. The maximum Gasteiger partial charge on any atom is 0.442 e. The lowest BCUT2D eigenvalue weighted by Crippen LogP contribution is -1.88. The van der Waals surface area contributed by atoms with Crippen molar-refractivity contribution in [2.75, 3.05) is 5.33 Å². The predicted octanol–water partition coefficient (Wildman–Crippen LogP) is 4.95. The van der Waals surface area contributed by atoms with Gasteiger partial charge in [0, 0.05) is 10.7 Å². The first kappa shape index (κ1) is 13.8. The van der Waals surface area contributed by atoms with Crippen LogP contribution in [0.2, 0.25) is 0 Å². The third kappa shape index (κ3) is 2.56. The Hall–Kier alpha value is -2.14. The number of halogens is 1.